The lowest BCUT2D eigenvalue weighted by molar-refractivity contribution is -0.111. The third-order valence-electron chi connectivity index (χ3n) is 4.57. The Morgan fingerprint density at radius 2 is 1.55 bits per heavy atom. The van der Waals surface area contributed by atoms with Gasteiger partial charge in [-0.05, 0) is 61.5 Å². The third kappa shape index (κ3) is 5.73. The second kappa shape index (κ2) is 10.1. The minimum Gasteiger partial charge on any atom is -0.496 e. The molecule has 0 unspecified atom stereocenters. The van der Waals surface area contributed by atoms with Crippen LogP contribution in [0.5, 0.6) is 11.5 Å². The van der Waals surface area contributed by atoms with Gasteiger partial charge in [0.15, 0.2) is 0 Å². The molecule has 31 heavy (non-hydrogen) atoms. The first-order valence-electron chi connectivity index (χ1n) is 9.68. The zero-order chi connectivity index (χ0) is 22.2. The van der Waals surface area contributed by atoms with Crippen LogP contribution in [-0.4, -0.2) is 26.0 Å². The highest BCUT2D eigenvalue weighted by Crippen LogP contribution is 2.24. The number of carbonyl (C=O) groups excluding carboxylic acids is 2. The zero-order valence-electron chi connectivity index (χ0n) is 17.6. The van der Waals surface area contributed by atoms with Gasteiger partial charge in [-0.2, -0.15) is 0 Å². The fourth-order valence-electron chi connectivity index (χ4n) is 2.98. The second-order valence-electron chi connectivity index (χ2n) is 6.80. The number of methoxy groups -OCH3 is 2. The minimum atomic E-state index is -0.283. The molecule has 0 aromatic heterocycles. The molecule has 0 aliphatic heterocycles. The summed E-state index contributed by atoms with van der Waals surface area (Å²) in [5.41, 5.74) is 3.52. The number of anilines is 2. The minimum absolute atomic E-state index is 0.270. The topological polar surface area (TPSA) is 76.7 Å². The van der Waals surface area contributed by atoms with Crippen molar-refractivity contribution >= 4 is 29.3 Å². The number of hydrogen-bond donors (Lipinski definition) is 2. The summed E-state index contributed by atoms with van der Waals surface area (Å²) in [6.45, 7) is 1.97. The Balaban J connectivity index is 1.63. The van der Waals surface area contributed by atoms with Crippen LogP contribution >= 0.6 is 0 Å². The molecule has 6 heteroatoms. The molecule has 0 spiro atoms. The number of amides is 2. The number of para-hydroxylation sites is 2. The van der Waals surface area contributed by atoms with Gasteiger partial charge in [-0.15, -0.1) is 0 Å². The molecular weight excluding hydrogens is 392 g/mol. The molecular formula is C25H24N2O4. The molecule has 0 aliphatic carbocycles. The van der Waals surface area contributed by atoms with E-state index in [2.05, 4.69) is 10.6 Å². The molecule has 0 atom stereocenters. The highest BCUT2D eigenvalue weighted by atomic mass is 16.5. The number of rotatable bonds is 7. The number of carbonyl (C=O) groups is 2. The molecule has 0 saturated carbocycles. The normalized spacial score (nSPS) is 10.5. The summed E-state index contributed by atoms with van der Waals surface area (Å²) >= 11 is 0. The van der Waals surface area contributed by atoms with E-state index in [1.807, 2.05) is 37.3 Å². The quantitative estimate of drug-likeness (QED) is 0.536. The lowest BCUT2D eigenvalue weighted by Crippen LogP contribution is -2.13. The maximum atomic E-state index is 12.5. The maximum absolute atomic E-state index is 12.5. The lowest BCUT2D eigenvalue weighted by Gasteiger charge is -2.10. The monoisotopic (exact) mass is 416 g/mol. The zero-order valence-corrected chi connectivity index (χ0v) is 17.6. The first-order chi connectivity index (χ1) is 15.0. The molecule has 3 aromatic carbocycles. The number of aryl methyl sites for hydroxylation is 1. The van der Waals surface area contributed by atoms with Gasteiger partial charge in [-0.1, -0.05) is 23.8 Å². The standard InChI is InChI=1S/C25H24N2O4/c1-17-8-14-22(30-2)19(16-17)11-15-24(28)26-20-12-9-18(10-13-20)25(29)27-21-6-4-5-7-23(21)31-3/h4-16H,1-3H3,(H,26,28)(H,27,29)/b15-11+. The predicted octanol–water partition coefficient (Wildman–Crippen LogP) is 4.92. The molecule has 0 fully saturated rings. The maximum Gasteiger partial charge on any atom is 0.255 e. The fourth-order valence-corrected chi connectivity index (χ4v) is 2.98. The number of hydrogen-bond acceptors (Lipinski definition) is 4. The van der Waals surface area contributed by atoms with Gasteiger partial charge in [-0.25, -0.2) is 0 Å². The van der Waals surface area contributed by atoms with Crippen molar-refractivity contribution in [1.29, 1.82) is 0 Å². The Hall–Kier alpha value is -4.06. The molecule has 0 heterocycles. The van der Waals surface area contributed by atoms with Gasteiger partial charge in [0, 0.05) is 22.9 Å². The van der Waals surface area contributed by atoms with E-state index >= 15 is 0 Å². The van der Waals surface area contributed by atoms with Crippen LogP contribution in [0, 0.1) is 6.92 Å². The van der Waals surface area contributed by atoms with Gasteiger partial charge in [0.25, 0.3) is 5.91 Å². The molecule has 2 N–H and O–H groups in total. The van der Waals surface area contributed by atoms with Gasteiger partial charge in [0.05, 0.1) is 19.9 Å². The molecule has 3 rings (SSSR count). The van der Waals surface area contributed by atoms with Crippen molar-refractivity contribution in [3.8, 4) is 11.5 Å². The fraction of sp³-hybridized carbons (Fsp3) is 0.120. The van der Waals surface area contributed by atoms with Gasteiger partial charge in [0.1, 0.15) is 11.5 Å². The molecule has 0 aliphatic rings. The van der Waals surface area contributed by atoms with Crippen molar-refractivity contribution in [2.45, 2.75) is 6.92 Å². The predicted molar refractivity (Wildman–Crippen MR) is 123 cm³/mol. The Kier molecular flexibility index (Phi) is 7.06. The Morgan fingerprint density at radius 3 is 2.26 bits per heavy atom. The molecule has 0 saturated heterocycles. The summed E-state index contributed by atoms with van der Waals surface area (Å²) in [6, 6.07) is 19.6. The van der Waals surface area contributed by atoms with Gasteiger partial charge in [0.2, 0.25) is 5.91 Å². The molecule has 2 amide bonds. The van der Waals surface area contributed by atoms with E-state index < -0.39 is 0 Å². The van der Waals surface area contributed by atoms with Crippen molar-refractivity contribution in [3.63, 3.8) is 0 Å². The van der Waals surface area contributed by atoms with Crippen molar-refractivity contribution in [3.05, 3.63) is 89.5 Å². The van der Waals surface area contributed by atoms with Crippen LogP contribution in [0.3, 0.4) is 0 Å². The summed E-state index contributed by atoms with van der Waals surface area (Å²) in [4.78, 5) is 24.8. The molecule has 3 aromatic rings. The summed E-state index contributed by atoms with van der Waals surface area (Å²) in [5.74, 6) is 0.723. The second-order valence-corrected chi connectivity index (χ2v) is 6.80. The highest BCUT2D eigenvalue weighted by molar-refractivity contribution is 6.06. The molecule has 158 valence electrons. The van der Waals surface area contributed by atoms with E-state index in [0.29, 0.717) is 28.4 Å². The average molecular weight is 416 g/mol. The van der Waals surface area contributed by atoms with Crippen molar-refractivity contribution < 1.29 is 19.1 Å². The van der Waals surface area contributed by atoms with Crippen LogP contribution < -0.4 is 20.1 Å². The van der Waals surface area contributed by atoms with Crippen LogP contribution in [0.1, 0.15) is 21.5 Å². The Bertz CT molecular complexity index is 1100. The third-order valence-corrected chi connectivity index (χ3v) is 4.57. The van der Waals surface area contributed by atoms with Gasteiger partial charge in [-0.3, -0.25) is 9.59 Å². The number of ether oxygens (including phenoxy) is 2. The smallest absolute Gasteiger partial charge is 0.255 e. The van der Waals surface area contributed by atoms with E-state index in [-0.39, 0.29) is 11.8 Å². The average Bonchev–Trinajstić information content (AvgIpc) is 2.78. The lowest BCUT2D eigenvalue weighted by atomic mass is 10.1. The first-order valence-corrected chi connectivity index (χ1v) is 9.68. The van der Waals surface area contributed by atoms with E-state index in [1.165, 1.54) is 6.08 Å². The van der Waals surface area contributed by atoms with Crippen LogP contribution in [0.2, 0.25) is 0 Å². The van der Waals surface area contributed by atoms with Gasteiger partial charge >= 0.3 is 0 Å². The molecule has 0 radical (unpaired) electrons. The van der Waals surface area contributed by atoms with Gasteiger partial charge < -0.3 is 20.1 Å². The Morgan fingerprint density at radius 1 is 0.839 bits per heavy atom. The summed E-state index contributed by atoms with van der Waals surface area (Å²) < 4.78 is 10.6. The molecule has 0 bridgehead atoms. The number of benzene rings is 3. The van der Waals surface area contributed by atoms with Crippen LogP contribution in [-0.2, 0) is 4.79 Å². The van der Waals surface area contributed by atoms with E-state index in [9.17, 15) is 9.59 Å². The number of nitrogens with one attached hydrogen (secondary N) is 2. The van der Waals surface area contributed by atoms with Crippen LogP contribution in [0.4, 0.5) is 11.4 Å². The summed E-state index contributed by atoms with van der Waals surface area (Å²) in [6.07, 6.45) is 3.15. The van der Waals surface area contributed by atoms with Crippen molar-refractivity contribution in [1.82, 2.24) is 0 Å². The van der Waals surface area contributed by atoms with Crippen molar-refractivity contribution in [2.75, 3.05) is 24.9 Å². The molecule has 6 nitrogen and oxygen atoms in total. The van der Waals surface area contributed by atoms with Crippen LogP contribution in [0.15, 0.2) is 72.8 Å². The summed E-state index contributed by atoms with van der Waals surface area (Å²) in [5, 5.41) is 5.60. The Labute approximate surface area is 181 Å². The van der Waals surface area contributed by atoms with E-state index in [4.69, 9.17) is 9.47 Å². The SMILES string of the molecule is COc1ccc(C)cc1/C=C/C(=O)Nc1ccc(C(=O)Nc2ccccc2OC)cc1. The largest absolute Gasteiger partial charge is 0.496 e. The van der Waals surface area contributed by atoms with E-state index in [0.717, 1.165) is 11.1 Å². The van der Waals surface area contributed by atoms with E-state index in [1.54, 1.807) is 56.7 Å². The summed E-state index contributed by atoms with van der Waals surface area (Å²) in [7, 11) is 3.14. The first kappa shape index (κ1) is 21.6. The van der Waals surface area contributed by atoms with Crippen molar-refractivity contribution in [2.24, 2.45) is 0 Å². The van der Waals surface area contributed by atoms with Crippen LogP contribution in [0.25, 0.3) is 6.08 Å². The highest BCUT2D eigenvalue weighted by Gasteiger charge is 2.09.